The molecule has 11 heteroatoms. The third-order valence-corrected chi connectivity index (χ3v) is 8.80. The monoisotopic (exact) mass is 766 g/mol. The molecule has 0 aliphatic heterocycles. The second kappa shape index (κ2) is 37.7. The second-order valence-electron chi connectivity index (χ2n) is 12.9. The van der Waals surface area contributed by atoms with Gasteiger partial charge >= 0.3 is 19.8 Å². The lowest BCUT2D eigenvalue weighted by molar-refractivity contribution is -0.161. The highest BCUT2D eigenvalue weighted by atomic mass is 31.2. The Morgan fingerprint density at radius 3 is 1.60 bits per heavy atom. The number of carbonyl (C=O) groups is 2. The van der Waals surface area contributed by atoms with E-state index in [2.05, 4.69) is 91.3 Å². The minimum Gasteiger partial charge on any atom is -0.462 e. The van der Waals surface area contributed by atoms with E-state index in [9.17, 15) is 24.2 Å². The highest BCUT2D eigenvalue weighted by Gasteiger charge is 2.27. The predicted molar refractivity (Wildman–Crippen MR) is 214 cm³/mol. The zero-order chi connectivity index (χ0) is 39.1. The van der Waals surface area contributed by atoms with Crippen molar-refractivity contribution in [2.75, 3.05) is 26.4 Å². The number of aliphatic hydroxyl groups excluding tert-OH is 2. The van der Waals surface area contributed by atoms with Crippen LogP contribution < -0.4 is 0 Å². The molecule has 0 aliphatic rings. The van der Waals surface area contributed by atoms with E-state index in [0.29, 0.717) is 12.8 Å². The summed E-state index contributed by atoms with van der Waals surface area (Å²) in [6.07, 6.45) is 41.6. The van der Waals surface area contributed by atoms with E-state index < -0.39 is 51.8 Å². The van der Waals surface area contributed by atoms with E-state index in [1.54, 1.807) is 0 Å². The van der Waals surface area contributed by atoms with E-state index in [1.165, 1.54) is 19.3 Å². The molecule has 10 nitrogen and oxygen atoms in total. The largest absolute Gasteiger partial charge is 0.472 e. The van der Waals surface area contributed by atoms with E-state index in [-0.39, 0.29) is 19.4 Å². The molecule has 0 aliphatic carbocycles. The fourth-order valence-electron chi connectivity index (χ4n) is 4.78. The van der Waals surface area contributed by atoms with Gasteiger partial charge in [-0.15, -0.1) is 0 Å². The first-order valence-electron chi connectivity index (χ1n) is 19.9. The number of phosphoric ester groups is 1. The molecule has 0 heterocycles. The second-order valence-corrected chi connectivity index (χ2v) is 14.4. The molecule has 0 bridgehead atoms. The number of hydrogen-bond acceptors (Lipinski definition) is 9. The van der Waals surface area contributed by atoms with Gasteiger partial charge in [0.2, 0.25) is 0 Å². The zero-order valence-electron chi connectivity index (χ0n) is 32.7. The topological polar surface area (TPSA) is 149 Å². The van der Waals surface area contributed by atoms with Gasteiger partial charge < -0.3 is 24.6 Å². The molecule has 0 aromatic heterocycles. The van der Waals surface area contributed by atoms with Crippen LogP contribution in [0, 0.1) is 0 Å². The van der Waals surface area contributed by atoms with Crippen LogP contribution in [-0.2, 0) is 32.7 Å². The fourth-order valence-corrected chi connectivity index (χ4v) is 5.57. The van der Waals surface area contributed by atoms with Crippen LogP contribution >= 0.6 is 7.82 Å². The summed E-state index contributed by atoms with van der Waals surface area (Å²) < 4.78 is 32.6. The maximum absolute atomic E-state index is 12.6. The van der Waals surface area contributed by atoms with Gasteiger partial charge in [0.05, 0.1) is 19.8 Å². The molecular weight excluding hydrogens is 695 g/mol. The first-order chi connectivity index (χ1) is 25.7. The summed E-state index contributed by atoms with van der Waals surface area (Å²) >= 11 is 0. The van der Waals surface area contributed by atoms with Crippen LogP contribution in [0.2, 0.25) is 0 Å². The number of rotatable bonds is 36. The Kier molecular flexibility index (Phi) is 35.9. The van der Waals surface area contributed by atoms with Gasteiger partial charge in [-0.1, -0.05) is 119 Å². The number of aliphatic hydroxyl groups is 2. The summed E-state index contributed by atoms with van der Waals surface area (Å²) in [5.74, 6) is -0.998. The van der Waals surface area contributed by atoms with Crippen LogP contribution in [-0.4, -0.2) is 65.7 Å². The van der Waals surface area contributed by atoms with E-state index in [0.717, 1.165) is 83.5 Å². The van der Waals surface area contributed by atoms with Crippen molar-refractivity contribution in [1.29, 1.82) is 0 Å². The summed E-state index contributed by atoms with van der Waals surface area (Å²) in [7, 11) is -4.63. The molecule has 0 spiro atoms. The highest BCUT2D eigenvalue weighted by Crippen LogP contribution is 2.43. The quantitative estimate of drug-likeness (QED) is 0.0243. The van der Waals surface area contributed by atoms with Gasteiger partial charge in [0.25, 0.3) is 0 Å². The Hall–Kier alpha value is -2.59. The van der Waals surface area contributed by atoms with Crippen LogP contribution in [0.15, 0.2) is 72.9 Å². The smallest absolute Gasteiger partial charge is 0.462 e. The average molecular weight is 767 g/mol. The Labute approximate surface area is 320 Å². The predicted octanol–water partition coefficient (Wildman–Crippen LogP) is 10.1. The van der Waals surface area contributed by atoms with Crippen molar-refractivity contribution < 1.29 is 47.8 Å². The SMILES string of the molecule is CC/C=C/C/C=C/C/C=C/CCCCCCCC(=O)O[C@H](COC(=O)CCCC/C=C/C/C=C/C/C=C/CCCCC)COP(=O)(O)OC[C@@H](O)CO. The molecule has 3 atom stereocenters. The fraction of sp³-hybridized carbons (Fsp3) is 0.667. The van der Waals surface area contributed by atoms with Crippen LogP contribution in [0.3, 0.4) is 0 Å². The number of allylic oxidation sites excluding steroid dienone is 12. The van der Waals surface area contributed by atoms with Crippen LogP contribution in [0.25, 0.3) is 0 Å². The summed E-state index contributed by atoms with van der Waals surface area (Å²) in [4.78, 5) is 34.9. The zero-order valence-corrected chi connectivity index (χ0v) is 33.6. The third kappa shape index (κ3) is 37.5. The Morgan fingerprint density at radius 1 is 0.585 bits per heavy atom. The molecule has 0 aromatic carbocycles. The summed E-state index contributed by atoms with van der Waals surface area (Å²) in [6, 6.07) is 0. The maximum atomic E-state index is 12.6. The molecular formula is C42H71O10P. The molecule has 304 valence electrons. The number of ether oxygens (including phenoxy) is 2. The van der Waals surface area contributed by atoms with Crippen molar-refractivity contribution in [2.45, 2.75) is 154 Å². The molecule has 3 N–H and O–H groups in total. The number of esters is 2. The molecule has 53 heavy (non-hydrogen) atoms. The van der Waals surface area contributed by atoms with Crippen molar-refractivity contribution in [3.63, 3.8) is 0 Å². The Morgan fingerprint density at radius 2 is 1.04 bits per heavy atom. The molecule has 0 aromatic rings. The van der Waals surface area contributed by atoms with Crippen molar-refractivity contribution in [2.24, 2.45) is 0 Å². The highest BCUT2D eigenvalue weighted by molar-refractivity contribution is 7.47. The van der Waals surface area contributed by atoms with Gasteiger partial charge in [0.15, 0.2) is 6.10 Å². The first kappa shape index (κ1) is 50.4. The van der Waals surface area contributed by atoms with Crippen molar-refractivity contribution >= 4 is 19.8 Å². The lowest BCUT2D eigenvalue weighted by Crippen LogP contribution is -2.29. The Bertz CT molecular complexity index is 1110. The van der Waals surface area contributed by atoms with Gasteiger partial charge in [0.1, 0.15) is 12.7 Å². The first-order valence-corrected chi connectivity index (χ1v) is 21.4. The molecule has 0 rings (SSSR count). The molecule has 0 amide bonds. The summed E-state index contributed by atoms with van der Waals surface area (Å²) in [5.41, 5.74) is 0. The Balaban J connectivity index is 4.46. The van der Waals surface area contributed by atoms with Gasteiger partial charge in [0, 0.05) is 12.8 Å². The lowest BCUT2D eigenvalue weighted by atomic mass is 10.1. The van der Waals surface area contributed by atoms with Crippen molar-refractivity contribution in [3.05, 3.63) is 72.9 Å². The molecule has 1 unspecified atom stereocenters. The van der Waals surface area contributed by atoms with Crippen LogP contribution in [0.4, 0.5) is 0 Å². The minimum atomic E-state index is -4.63. The number of hydrogen-bond donors (Lipinski definition) is 3. The molecule has 0 saturated heterocycles. The van der Waals surface area contributed by atoms with Gasteiger partial charge in [-0.05, 0) is 83.5 Å². The average Bonchev–Trinajstić information content (AvgIpc) is 3.14. The van der Waals surface area contributed by atoms with Gasteiger partial charge in [-0.2, -0.15) is 0 Å². The maximum Gasteiger partial charge on any atom is 0.472 e. The molecule has 0 saturated carbocycles. The summed E-state index contributed by atoms with van der Waals surface area (Å²) in [5, 5.41) is 18.3. The molecule has 0 radical (unpaired) electrons. The number of unbranched alkanes of at least 4 members (excludes halogenated alkanes) is 10. The van der Waals surface area contributed by atoms with E-state index in [4.69, 9.17) is 19.1 Å². The van der Waals surface area contributed by atoms with Crippen LogP contribution in [0.1, 0.15) is 142 Å². The van der Waals surface area contributed by atoms with Crippen molar-refractivity contribution in [1.82, 2.24) is 0 Å². The van der Waals surface area contributed by atoms with Crippen molar-refractivity contribution in [3.8, 4) is 0 Å². The lowest BCUT2D eigenvalue weighted by Gasteiger charge is -2.20. The standard InChI is InChI=1S/C42H71O10P/c1-3-5-7-9-11-13-15-17-19-21-23-25-27-29-31-33-41(45)49-37-40(38-51-53(47,48)50-36-39(44)35-43)52-42(46)34-32-30-28-26-24-22-20-18-16-14-12-10-8-6-4-2/h6,8,11-14,17-20,23,25,39-40,43-44H,3-5,7,9-10,15-16,21-22,24,26-38H2,1-2H3,(H,47,48)/b8-6+,13-11+,14-12+,19-17+,20-18+,25-23+/t39-,40+/m0/s1. The normalized spacial score (nSPS) is 14.7. The minimum absolute atomic E-state index is 0.152. The van der Waals surface area contributed by atoms with E-state index >= 15 is 0 Å². The van der Waals surface area contributed by atoms with Gasteiger partial charge in [-0.25, -0.2) is 4.57 Å². The third-order valence-electron chi connectivity index (χ3n) is 7.84. The van der Waals surface area contributed by atoms with E-state index in [1.807, 2.05) is 0 Å². The molecule has 0 fully saturated rings. The van der Waals surface area contributed by atoms with Crippen LogP contribution in [0.5, 0.6) is 0 Å². The number of phosphoric acid groups is 1. The summed E-state index contributed by atoms with van der Waals surface area (Å²) in [6.45, 7) is 2.14. The van der Waals surface area contributed by atoms with Gasteiger partial charge in [-0.3, -0.25) is 18.6 Å². The number of carbonyl (C=O) groups excluding carboxylic acids is 2.